The summed E-state index contributed by atoms with van der Waals surface area (Å²) in [5.41, 5.74) is 0. The zero-order valence-electron chi connectivity index (χ0n) is 12.5. The summed E-state index contributed by atoms with van der Waals surface area (Å²) in [7, 11) is 0. The van der Waals surface area contributed by atoms with Crippen LogP contribution in [0.2, 0.25) is 0 Å². The minimum absolute atomic E-state index is 0.0425. The molecular weight excluding hydrogens is 297 g/mol. The van der Waals surface area contributed by atoms with E-state index < -0.39 is 30.0 Å². The van der Waals surface area contributed by atoms with Gasteiger partial charge in [-0.05, 0) is 25.7 Å². The van der Waals surface area contributed by atoms with Crippen molar-refractivity contribution >= 4 is 11.8 Å². The molecule has 0 spiro atoms. The Kier molecular flexibility index (Phi) is 5.69. The molecule has 0 aromatic rings. The molecule has 1 aliphatic heterocycles. The molecule has 2 fully saturated rings. The van der Waals surface area contributed by atoms with Gasteiger partial charge >= 0.3 is 6.18 Å². The Balaban J connectivity index is 1.86. The van der Waals surface area contributed by atoms with Gasteiger partial charge in [0.1, 0.15) is 12.0 Å². The smallest absolute Gasteiger partial charge is 0.353 e. The third-order valence-electron chi connectivity index (χ3n) is 4.54. The molecule has 1 saturated carbocycles. The van der Waals surface area contributed by atoms with Crippen molar-refractivity contribution in [1.82, 2.24) is 10.6 Å². The van der Waals surface area contributed by atoms with E-state index >= 15 is 0 Å². The van der Waals surface area contributed by atoms with Crippen molar-refractivity contribution < 1.29 is 22.8 Å². The van der Waals surface area contributed by atoms with Gasteiger partial charge in [-0.2, -0.15) is 13.2 Å². The first-order chi connectivity index (χ1) is 10.4. The van der Waals surface area contributed by atoms with Crippen LogP contribution in [-0.2, 0) is 9.59 Å². The van der Waals surface area contributed by atoms with Gasteiger partial charge < -0.3 is 10.6 Å². The molecule has 126 valence electrons. The summed E-state index contributed by atoms with van der Waals surface area (Å²) >= 11 is 0. The largest absolute Gasteiger partial charge is 0.408 e. The fraction of sp³-hybridized carbons (Fsp3) is 0.867. The molecule has 2 amide bonds. The molecule has 2 aliphatic rings. The van der Waals surface area contributed by atoms with Gasteiger partial charge in [-0.15, -0.1) is 0 Å². The van der Waals surface area contributed by atoms with Crippen molar-refractivity contribution in [3.05, 3.63) is 0 Å². The first kappa shape index (κ1) is 17.1. The SMILES string of the molecule is O=C(NC1CCCCCCC1)C1CCC(C(F)(F)F)NC1=O. The maximum atomic E-state index is 12.6. The highest BCUT2D eigenvalue weighted by atomic mass is 19.4. The Labute approximate surface area is 128 Å². The molecule has 22 heavy (non-hydrogen) atoms. The summed E-state index contributed by atoms with van der Waals surface area (Å²) in [6, 6.07) is -1.79. The van der Waals surface area contributed by atoms with Crippen LogP contribution in [0.4, 0.5) is 13.2 Å². The van der Waals surface area contributed by atoms with E-state index in [1.807, 2.05) is 5.32 Å². The fourth-order valence-corrected chi connectivity index (χ4v) is 3.21. The highest BCUT2D eigenvalue weighted by Crippen LogP contribution is 2.28. The zero-order valence-corrected chi connectivity index (χ0v) is 12.5. The Morgan fingerprint density at radius 2 is 1.59 bits per heavy atom. The van der Waals surface area contributed by atoms with Gasteiger partial charge in [-0.25, -0.2) is 0 Å². The van der Waals surface area contributed by atoms with E-state index in [-0.39, 0.29) is 18.9 Å². The second kappa shape index (κ2) is 7.33. The summed E-state index contributed by atoms with van der Waals surface area (Å²) in [6.45, 7) is 0. The van der Waals surface area contributed by atoms with Gasteiger partial charge in [0.15, 0.2) is 0 Å². The number of nitrogens with one attached hydrogen (secondary N) is 2. The number of carbonyl (C=O) groups excluding carboxylic acids is 2. The molecule has 7 heteroatoms. The van der Waals surface area contributed by atoms with E-state index in [4.69, 9.17) is 0 Å². The topological polar surface area (TPSA) is 58.2 Å². The number of alkyl halides is 3. The van der Waals surface area contributed by atoms with E-state index in [0.717, 1.165) is 38.5 Å². The van der Waals surface area contributed by atoms with Crippen LogP contribution in [0.15, 0.2) is 0 Å². The van der Waals surface area contributed by atoms with Crippen molar-refractivity contribution in [1.29, 1.82) is 0 Å². The summed E-state index contributed by atoms with van der Waals surface area (Å²) in [5.74, 6) is -2.23. The standard InChI is InChI=1S/C15H23F3N2O2/c16-15(17,18)12-9-8-11(14(22)20-12)13(21)19-10-6-4-2-1-3-5-7-10/h10-12H,1-9H2,(H,19,21)(H,20,22). The first-order valence-electron chi connectivity index (χ1n) is 8.05. The fourth-order valence-electron chi connectivity index (χ4n) is 3.21. The van der Waals surface area contributed by atoms with Gasteiger partial charge in [0.2, 0.25) is 11.8 Å². The molecule has 0 bridgehead atoms. The predicted octanol–water partition coefficient (Wildman–Crippen LogP) is 2.67. The van der Waals surface area contributed by atoms with Crippen molar-refractivity contribution in [3.63, 3.8) is 0 Å². The normalized spacial score (nSPS) is 28.4. The minimum atomic E-state index is -4.45. The molecule has 0 radical (unpaired) electrons. The number of piperidine rings is 1. The molecule has 2 atom stereocenters. The first-order valence-corrected chi connectivity index (χ1v) is 8.05. The molecule has 2 rings (SSSR count). The molecule has 2 unspecified atom stereocenters. The summed E-state index contributed by atoms with van der Waals surface area (Å²) in [4.78, 5) is 24.0. The Bertz CT molecular complexity index is 404. The van der Waals surface area contributed by atoms with E-state index in [1.54, 1.807) is 0 Å². The Morgan fingerprint density at radius 3 is 2.14 bits per heavy atom. The Morgan fingerprint density at radius 1 is 1.00 bits per heavy atom. The van der Waals surface area contributed by atoms with Crippen LogP contribution in [0.1, 0.15) is 57.8 Å². The van der Waals surface area contributed by atoms with Crippen LogP contribution in [0.5, 0.6) is 0 Å². The van der Waals surface area contributed by atoms with Crippen LogP contribution in [0.3, 0.4) is 0 Å². The lowest BCUT2D eigenvalue weighted by molar-refractivity contribution is -0.171. The van der Waals surface area contributed by atoms with Crippen LogP contribution in [0, 0.1) is 5.92 Å². The lowest BCUT2D eigenvalue weighted by Crippen LogP contribution is -2.55. The molecule has 1 saturated heterocycles. The minimum Gasteiger partial charge on any atom is -0.353 e. The van der Waals surface area contributed by atoms with E-state index in [9.17, 15) is 22.8 Å². The molecule has 4 nitrogen and oxygen atoms in total. The van der Waals surface area contributed by atoms with Crippen molar-refractivity contribution in [2.45, 2.75) is 76.0 Å². The van der Waals surface area contributed by atoms with Crippen LogP contribution in [-0.4, -0.2) is 30.1 Å². The average molecular weight is 320 g/mol. The van der Waals surface area contributed by atoms with Gasteiger partial charge in [-0.1, -0.05) is 32.1 Å². The third-order valence-corrected chi connectivity index (χ3v) is 4.54. The molecule has 0 aromatic heterocycles. The maximum Gasteiger partial charge on any atom is 0.408 e. The lowest BCUT2D eigenvalue weighted by atomic mass is 9.91. The monoisotopic (exact) mass is 320 g/mol. The molecule has 0 aromatic carbocycles. The number of hydrogen-bond donors (Lipinski definition) is 2. The van der Waals surface area contributed by atoms with Gasteiger partial charge in [0, 0.05) is 6.04 Å². The predicted molar refractivity (Wildman–Crippen MR) is 75.0 cm³/mol. The number of halogens is 3. The second-order valence-electron chi connectivity index (χ2n) is 6.28. The summed E-state index contributed by atoms with van der Waals surface area (Å²) < 4.78 is 37.8. The zero-order chi connectivity index (χ0) is 16.2. The second-order valence-corrected chi connectivity index (χ2v) is 6.28. The number of rotatable bonds is 2. The number of amides is 2. The average Bonchev–Trinajstić information content (AvgIpc) is 2.40. The highest BCUT2D eigenvalue weighted by molar-refractivity contribution is 6.01. The van der Waals surface area contributed by atoms with Gasteiger partial charge in [0.05, 0.1) is 0 Å². The quantitative estimate of drug-likeness (QED) is 0.769. The lowest BCUT2D eigenvalue weighted by Gasteiger charge is -2.31. The van der Waals surface area contributed by atoms with E-state index in [1.165, 1.54) is 6.42 Å². The van der Waals surface area contributed by atoms with Gasteiger partial charge in [-0.3, -0.25) is 9.59 Å². The van der Waals surface area contributed by atoms with E-state index in [0.29, 0.717) is 0 Å². The molecule has 1 heterocycles. The molecular formula is C15H23F3N2O2. The van der Waals surface area contributed by atoms with Crippen molar-refractivity contribution in [2.75, 3.05) is 0 Å². The van der Waals surface area contributed by atoms with Crippen LogP contribution < -0.4 is 10.6 Å². The highest BCUT2D eigenvalue weighted by Gasteiger charge is 2.46. The van der Waals surface area contributed by atoms with Crippen molar-refractivity contribution in [2.24, 2.45) is 5.92 Å². The number of carbonyl (C=O) groups is 2. The Hall–Kier alpha value is -1.27. The van der Waals surface area contributed by atoms with Crippen molar-refractivity contribution in [3.8, 4) is 0 Å². The maximum absolute atomic E-state index is 12.6. The summed E-state index contributed by atoms with van der Waals surface area (Å²) in [6.07, 6.45) is 2.60. The van der Waals surface area contributed by atoms with Gasteiger partial charge in [0.25, 0.3) is 0 Å². The third kappa shape index (κ3) is 4.61. The van der Waals surface area contributed by atoms with Crippen LogP contribution >= 0.6 is 0 Å². The number of hydrogen-bond acceptors (Lipinski definition) is 2. The summed E-state index contributed by atoms with van der Waals surface area (Å²) in [5, 5.41) is 4.78. The van der Waals surface area contributed by atoms with Crippen LogP contribution in [0.25, 0.3) is 0 Å². The molecule has 2 N–H and O–H groups in total. The van der Waals surface area contributed by atoms with E-state index in [2.05, 4.69) is 5.32 Å². The molecule has 1 aliphatic carbocycles.